The van der Waals surface area contributed by atoms with Gasteiger partial charge >= 0.3 is 0 Å². The van der Waals surface area contributed by atoms with E-state index in [1.165, 1.54) is 0 Å². The van der Waals surface area contributed by atoms with Crippen molar-refractivity contribution >= 4 is 5.78 Å². The van der Waals surface area contributed by atoms with Gasteiger partial charge in [-0.15, -0.1) is 0 Å². The summed E-state index contributed by atoms with van der Waals surface area (Å²) in [5.74, 6) is -12.8. The molecule has 0 unspecified atom stereocenters. The molecule has 0 aliphatic carbocycles. The highest BCUT2D eigenvalue weighted by atomic mass is 19.2. The summed E-state index contributed by atoms with van der Waals surface area (Å²) < 4.78 is 67.7. The van der Waals surface area contributed by atoms with Crippen LogP contribution in [0.2, 0.25) is 0 Å². The Bertz CT molecular complexity index is 415. The van der Waals surface area contributed by atoms with E-state index in [0.29, 0.717) is 0 Å². The normalized spacial score (nSPS) is 10.4. The van der Waals surface area contributed by atoms with Crippen LogP contribution in [0, 0.1) is 29.1 Å². The van der Waals surface area contributed by atoms with Crippen molar-refractivity contribution in [1.82, 2.24) is 0 Å². The third-order valence-electron chi connectivity index (χ3n) is 1.59. The molecule has 0 aliphatic rings. The zero-order valence-corrected chi connectivity index (χ0v) is 7.91. The van der Waals surface area contributed by atoms with Gasteiger partial charge in [0.1, 0.15) is 6.61 Å². The molecule has 0 N–H and O–H groups in total. The minimum Gasteiger partial charge on any atom is -0.480 e. The van der Waals surface area contributed by atoms with Crippen molar-refractivity contribution in [3.63, 3.8) is 0 Å². The maximum absolute atomic E-state index is 12.9. The second-order valence-electron chi connectivity index (χ2n) is 2.89. The van der Waals surface area contributed by atoms with Crippen LogP contribution < -0.4 is 4.74 Å². The summed E-state index contributed by atoms with van der Waals surface area (Å²) in [6.45, 7) is 0.254. The molecule has 0 saturated heterocycles. The molecule has 0 heterocycles. The van der Waals surface area contributed by atoms with E-state index in [0.717, 1.165) is 6.92 Å². The smallest absolute Gasteiger partial charge is 0.207 e. The fourth-order valence-electron chi connectivity index (χ4n) is 0.885. The van der Waals surface area contributed by atoms with E-state index >= 15 is 0 Å². The van der Waals surface area contributed by atoms with Crippen molar-refractivity contribution in [3.8, 4) is 5.75 Å². The van der Waals surface area contributed by atoms with Gasteiger partial charge in [0, 0.05) is 0 Å². The highest BCUT2D eigenvalue weighted by Crippen LogP contribution is 2.28. The summed E-state index contributed by atoms with van der Waals surface area (Å²) in [5, 5.41) is 0. The second-order valence-corrected chi connectivity index (χ2v) is 2.89. The number of hydrogen-bond donors (Lipinski definition) is 0. The van der Waals surface area contributed by atoms with Crippen molar-refractivity contribution in [3.05, 3.63) is 29.1 Å². The predicted octanol–water partition coefficient (Wildman–Crippen LogP) is 2.35. The monoisotopic (exact) mass is 240 g/mol. The Labute approximate surface area is 86.6 Å². The lowest BCUT2D eigenvalue weighted by Gasteiger charge is -2.08. The van der Waals surface area contributed by atoms with Crippen LogP contribution in [0.3, 0.4) is 0 Å². The first-order chi connectivity index (χ1) is 7.36. The lowest BCUT2D eigenvalue weighted by molar-refractivity contribution is -0.119. The van der Waals surface area contributed by atoms with Crippen LogP contribution in [-0.2, 0) is 4.79 Å². The van der Waals surface area contributed by atoms with Gasteiger partial charge in [0.05, 0.1) is 0 Å². The van der Waals surface area contributed by atoms with Crippen LogP contribution in [0.1, 0.15) is 6.92 Å². The minimum absolute atomic E-state index is 0.621. The molecule has 0 aliphatic heterocycles. The summed E-state index contributed by atoms with van der Waals surface area (Å²) in [4.78, 5) is 10.4. The average Bonchev–Trinajstić information content (AvgIpc) is 2.23. The first-order valence-corrected chi connectivity index (χ1v) is 4.00. The third-order valence-corrected chi connectivity index (χ3v) is 1.59. The van der Waals surface area contributed by atoms with Gasteiger partial charge in [-0.2, -0.15) is 8.78 Å². The molecule has 7 heteroatoms. The number of Topliss-reactive ketones (excluding diaryl/α,β-unsaturated/α-hetero) is 1. The van der Waals surface area contributed by atoms with E-state index in [-0.39, 0.29) is 0 Å². The summed E-state index contributed by atoms with van der Waals surface area (Å²) in [6, 6.07) is 0. The molecule has 1 aromatic carbocycles. The van der Waals surface area contributed by atoms with Gasteiger partial charge in [0.15, 0.2) is 11.5 Å². The largest absolute Gasteiger partial charge is 0.480 e. The van der Waals surface area contributed by atoms with E-state index in [4.69, 9.17) is 0 Å². The fraction of sp³-hybridized carbons (Fsp3) is 0.222. The van der Waals surface area contributed by atoms with Gasteiger partial charge in [-0.05, 0) is 6.92 Å². The Hall–Kier alpha value is -1.66. The Morgan fingerprint density at radius 2 is 1.31 bits per heavy atom. The zero-order valence-electron chi connectivity index (χ0n) is 7.91. The number of carbonyl (C=O) groups is 1. The highest BCUT2D eigenvalue weighted by molar-refractivity contribution is 5.77. The van der Waals surface area contributed by atoms with Crippen LogP contribution >= 0.6 is 0 Å². The van der Waals surface area contributed by atoms with Gasteiger partial charge in [0.25, 0.3) is 0 Å². The molecule has 0 aromatic heterocycles. The summed E-state index contributed by atoms with van der Waals surface area (Å²) in [7, 11) is 0. The first-order valence-electron chi connectivity index (χ1n) is 4.00. The SMILES string of the molecule is CC(=O)COc1c(F)c(F)c(F)c(F)c1F. The maximum atomic E-state index is 12.9. The fourth-order valence-corrected chi connectivity index (χ4v) is 0.885. The summed E-state index contributed by atoms with van der Waals surface area (Å²) in [5.41, 5.74) is 0. The van der Waals surface area contributed by atoms with Gasteiger partial charge in [0.2, 0.25) is 29.1 Å². The van der Waals surface area contributed by atoms with Crippen LogP contribution in [-0.4, -0.2) is 12.4 Å². The van der Waals surface area contributed by atoms with E-state index < -0.39 is 47.2 Å². The number of benzene rings is 1. The van der Waals surface area contributed by atoms with Crippen molar-refractivity contribution in [2.24, 2.45) is 0 Å². The van der Waals surface area contributed by atoms with E-state index in [1.807, 2.05) is 0 Å². The molecular weight excluding hydrogens is 235 g/mol. The van der Waals surface area contributed by atoms with Crippen LogP contribution in [0.4, 0.5) is 22.0 Å². The molecule has 0 saturated carbocycles. The quantitative estimate of drug-likeness (QED) is 0.460. The molecule has 1 rings (SSSR count). The number of rotatable bonds is 3. The number of ether oxygens (including phenoxy) is 1. The van der Waals surface area contributed by atoms with Crippen molar-refractivity contribution < 1.29 is 31.5 Å². The molecule has 0 atom stereocenters. The van der Waals surface area contributed by atoms with Gasteiger partial charge in [-0.1, -0.05) is 0 Å². The summed E-state index contributed by atoms with van der Waals surface area (Å²) in [6.07, 6.45) is 0. The molecule has 0 bridgehead atoms. The molecule has 88 valence electrons. The Kier molecular flexibility index (Phi) is 3.46. The third kappa shape index (κ3) is 2.12. The maximum Gasteiger partial charge on any atom is 0.207 e. The lowest BCUT2D eigenvalue weighted by atomic mass is 10.2. The van der Waals surface area contributed by atoms with Gasteiger partial charge in [-0.3, -0.25) is 4.79 Å². The number of halogens is 5. The van der Waals surface area contributed by atoms with Crippen LogP contribution in [0.15, 0.2) is 0 Å². The molecular formula is C9H5F5O2. The number of ketones is 1. The first kappa shape index (κ1) is 12.4. The van der Waals surface area contributed by atoms with Gasteiger partial charge < -0.3 is 4.74 Å². The molecule has 2 nitrogen and oxygen atoms in total. The minimum atomic E-state index is -2.27. The van der Waals surface area contributed by atoms with E-state index in [2.05, 4.69) is 4.74 Å². The highest BCUT2D eigenvalue weighted by Gasteiger charge is 2.27. The Morgan fingerprint density at radius 1 is 0.938 bits per heavy atom. The van der Waals surface area contributed by atoms with Crippen molar-refractivity contribution in [2.75, 3.05) is 6.61 Å². The second kappa shape index (κ2) is 4.46. The average molecular weight is 240 g/mol. The van der Waals surface area contributed by atoms with Crippen molar-refractivity contribution in [2.45, 2.75) is 6.92 Å². The standard InChI is InChI=1S/C9H5F5O2/c1-3(15)2-16-9-7(13)5(11)4(10)6(12)8(9)14/h2H2,1H3. The topological polar surface area (TPSA) is 26.3 Å². The molecule has 16 heavy (non-hydrogen) atoms. The molecule has 0 fully saturated rings. The number of hydrogen-bond acceptors (Lipinski definition) is 2. The summed E-state index contributed by atoms with van der Waals surface area (Å²) >= 11 is 0. The van der Waals surface area contributed by atoms with Crippen molar-refractivity contribution in [1.29, 1.82) is 0 Å². The Balaban J connectivity index is 3.23. The van der Waals surface area contributed by atoms with E-state index in [1.54, 1.807) is 0 Å². The van der Waals surface area contributed by atoms with Gasteiger partial charge in [-0.25, -0.2) is 13.2 Å². The van der Waals surface area contributed by atoms with Crippen LogP contribution in [0.25, 0.3) is 0 Å². The lowest BCUT2D eigenvalue weighted by Crippen LogP contribution is -2.12. The Morgan fingerprint density at radius 3 is 1.69 bits per heavy atom. The van der Waals surface area contributed by atoms with E-state index in [9.17, 15) is 26.7 Å². The number of carbonyl (C=O) groups excluding carboxylic acids is 1. The predicted molar refractivity (Wildman–Crippen MR) is 42.4 cm³/mol. The molecule has 0 radical (unpaired) electrons. The molecule has 0 amide bonds. The molecule has 0 spiro atoms. The van der Waals surface area contributed by atoms with Crippen LogP contribution in [0.5, 0.6) is 5.75 Å². The zero-order chi connectivity index (χ0) is 12.5. The molecule has 1 aromatic rings.